The van der Waals surface area contributed by atoms with Gasteiger partial charge in [0, 0.05) is 13.0 Å². The lowest BCUT2D eigenvalue weighted by Gasteiger charge is -2.17. The average molecular weight is 311 g/mol. The second-order valence-electron chi connectivity index (χ2n) is 5.50. The molecule has 0 aliphatic rings. The van der Waals surface area contributed by atoms with Crippen LogP contribution in [0.15, 0.2) is 60.7 Å². The van der Waals surface area contributed by atoms with Gasteiger partial charge in [-0.05, 0) is 23.5 Å². The van der Waals surface area contributed by atoms with Crippen molar-refractivity contribution in [3.05, 3.63) is 71.8 Å². The van der Waals surface area contributed by atoms with Crippen LogP contribution in [0.25, 0.3) is 0 Å². The van der Waals surface area contributed by atoms with E-state index < -0.39 is 5.97 Å². The molecule has 0 aliphatic heterocycles. The van der Waals surface area contributed by atoms with E-state index in [1.165, 1.54) is 5.56 Å². The van der Waals surface area contributed by atoms with E-state index in [4.69, 9.17) is 5.11 Å². The molecule has 2 rings (SSSR count). The molecule has 2 aromatic rings. The molecule has 4 nitrogen and oxygen atoms in total. The van der Waals surface area contributed by atoms with Gasteiger partial charge in [0.1, 0.15) is 0 Å². The minimum absolute atomic E-state index is 0.0551. The van der Waals surface area contributed by atoms with Gasteiger partial charge >= 0.3 is 5.97 Å². The maximum Gasteiger partial charge on any atom is 0.305 e. The molecule has 23 heavy (non-hydrogen) atoms. The molecule has 0 fully saturated rings. The van der Waals surface area contributed by atoms with Crippen LogP contribution >= 0.6 is 0 Å². The van der Waals surface area contributed by atoms with Gasteiger partial charge in [-0.2, -0.15) is 0 Å². The first kappa shape index (κ1) is 16.7. The van der Waals surface area contributed by atoms with Crippen molar-refractivity contribution in [2.75, 3.05) is 6.54 Å². The highest BCUT2D eigenvalue weighted by atomic mass is 16.4. The van der Waals surface area contributed by atoms with Crippen molar-refractivity contribution in [2.45, 2.75) is 25.2 Å². The highest BCUT2D eigenvalue weighted by molar-refractivity contribution is 5.77. The van der Waals surface area contributed by atoms with Crippen LogP contribution in [-0.2, 0) is 16.0 Å². The summed E-state index contributed by atoms with van der Waals surface area (Å²) in [4.78, 5) is 22.6. The Kier molecular flexibility index (Phi) is 6.36. The molecule has 1 atom stereocenters. The summed E-state index contributed by atoms with van der Waals surface area (Å²) < 4.78 is 0. The summed E-state index contributed by atoms with van der Waals surface area (Å²) in [7, 11) is 0. The lowest BCUT2D eigenvalue weighted by Crippen LogP contribution is -2.27. The van der Waals surface area contributed by atoms with Crippen LogP contribution in [0.3, 0.4) is 0 Å². The van der Waals surface area contributed by atoms with Crippen LogP contribution in [0.4, 0.5) is 0 Å². The fourth-order valence-corrected chi connectivity index (χ4v) is 2.54. The van der Waals surface area contributed by atoms with Crippen molar-refractivity contribution in [1.29, 1.82) is 0 Å². The summed E-state index contributed by atoms with van der Waals surface area (Å²) in [6.07, 6.45) is 1.07. The lowest BCUT2D eigenvalue weighted by atomic mass is 9.89. The molecule has 2 N–H and O–H groups in total. The van der Waals surface area contributed by atoms with E-state index in [1.54, 1.807) is 0 Å². The minimum atomic E-state index is -0.908. The number of rotatable bonds is 8. The molecule has 0 aliphatic carbocycles. The Hall–Kier alpha value is -2.62. The number of hydrogen-bond acceptors (Lipinski definition) is 2. The summed E-state index contributed by atoms with van der Waals surface area (Å²) in [6.45, 7) is 0.168. The zero-order valence-electron chi connectivity index (χ0n) is 12.9. The van der Waals surface area contributed by atoms with E-state index in [9.17, 15) is 9.59 Å². The van der Waals surface area contributed by atoms with E-state index in [0.29, 0.717) is 6.42 Å². The molecule has 1 amide bonds. The third-order valence-corrected chi connectivity index (χ3v) is 3.69. The third-order valence-electron chi connectivity index (χ3n) is 3.69. The van der Waals surface area contributed by atoms with E-state index in [0.717, 1.165) is 12.0 Å². The van der Waals surface area contributed by atoms with Gasteiger partial charge in [0.15, 0.2) is 0 Å². The zero-order chi connectivity index (χ0) is 16.5. The van der Waals surface area contributed by atoms with Crippen molar-refractivity contribution >= 4 is 11.9 Å². The predicted molar refractivity (Wildman–Crippen MR) is 89.2 cm³/mol. The molecule has 2 aromatic carbocycles. The minimum Gasteiger partial charge on any atom is -0.481 e. The Balaban J connectivity index is 2.02. The van der Waals surface area contributed by atoms with Crippen LogP contribution in [0.1, 0.15) is 29.9 Å². The van der Waals surface area contributed by atoms with Crippen molar-refractivity contribution < 1.29 is 14.7 Å². The van der Waals surface area contributed by atoms with Gasteiger partial charge < -0.3 is 10.4 Å². The van der Waals surface area contributed by atoms with Gasteiger partial charge in [-0.15, -0.1) is 0 Å². The number of amides is 1. The number of carboxylic acids is 1. The first-order valence-corrected chi connectivity index (χ1v) is 7.72. The molecule has 0 aromatic heterocycles. The Labute approximate surface area is 136 Å². The van der Waals surface area contributed by atoms with Gasteiger partial charge in [-0.3, -0.25) is 9.59 Å². The van der Waals surface area contributed by atoms with Crippen molar-refractivity contribution in [3.8, 4) is 0 Å². The molecule has 120 valence electrons. The Morgan fingerprint density at radius 2 is 1.57 bits per heavy atom. The molecule has 0 saturated heterocycles. The van der Waals surface area contributed by atoms with E-state index in [-0.39, 0.29) is 24.8 Å². The number of carbonyl (C=O) groups is 2. The van der Waals surface area contributed by atoms with Gasteiger partial charge in [0.25, 0.3) is 0 Å². The molecular formula is C19H21NO3. The number of nitrogens with one attached hydrogen (secondary N) is 1. The second kappa shape index (κ2) is 8.73. The Morgan fingerprint density at radius 1 is 0.957 bits per heavy atom. The fraction of sp³-hybridized carbons (Fsp3) is 0.263. The molecule has 0 radical (unpaired) electrons. The normalized spacial score (nSPS) is 11.7. The van der Waals surface area contributed by atoms with Crippen LogP contribution in [0, 0.1) is 0 Å². The van der Waals surface area contributed by atoms with Crippen molar-refractivity contribution in [2.24, 2.45) is 0 Å². The molecule has 0 heterocycles. The summed E-state index contributed by atoms with van der Waals surface area (Å²) in [5.74, 6) is -0.950. The molecule has 0 spiro atoms. The number of aliphatic carboxylic acids is 1. The van der Waals surface area contributed by atoms with Crippen LogP contribution < -0.4 is 5.32 Å². The molecule has 1 unspecified atom stereocenters. The summed E-state index contributed by atoms with van der Waals surface area (Å²) in [5.41, 5.74) is 2.30. The topological polar surface area (TPSA) is 66.4 Å². The average Bonchev–Trinajstić information content (AvgIpc) is 2.56. The molecular weight excluding hydrogens is 290 g/mol. The first-order chi connectivity index (χ1) is 11.1. The van der Waals surface area contributed by atoms with Gasteiger partial charge in [-0.1, -0.05) is 60.7 Å². The third kappa shape index (κ3) is 5.94. The van der Waals surface area contributed by atoms with Crippen molar-refractivity contribution in [1.82, 2.24) is 5.32 Å². The first-order valence-electron chi connectivity index (χ1n) is 7.72. The molecule has 0 saturated carbocycles. The van der Waals surface area contributed by atoms with Crippen molar-refractivity contribution in [3.63, 3.8) is 0 Å². The van der Waals surface area contributed by atoms with E-state index >= 15 is 0 Å². The maximum absolute atomic E-state index is 12.1. The SMILES string of the molecule is O=C(O)CCNC(=O)CC(Cc1ccccc1)c1ccccc1. The van der Waals surface area contributed by atoms with Crippen LogP contribution in [-0.4, -0.2) is 23.5 Å². The summed E-state index contributed by atoms with van der Waals surface area (Å²) in [5, 5.41) is 11.3. The summed E-state index contributed by atoms with van der Waals surface area (Å²) in [6, 6.07) is 20.0. The monoisotopic (exact) mass is 311 g/mol. The number of hydrogen-bond donors (Lipinski definition) is 2. The predicted octanol–water partition coefficient (Wildman–Crippen LogP) is 2.99. The molecule has 4 heteroatoms. The zero-order valence-corrected chi connectivity index (χ0v) is 12.9. The summed E-state index contributed by atoms with van der Waals surface area (Å²) >= 11 is 0. The quantitative estimate of drug-likeness (QED) is 0.787. The fourth-order valence-electron chi connectivity index (χ4n) is 2.54. The maximum atomic E-state index is 12.1. The van der Waals surface area contributed by atoms with Gasteiger partial charge in [0.05, 0.1) is 6.42 Å². The molecule has 0 bridgehead atoms. The number of carboxylic acid groups (broad SMARTS) is 1. The van der Waals surface area contributed by atoms with E-state index in [1.807, 2.05) is 48.5 Å². The van der Waals surface area contributed by atoms with Crippen LogP contribution in [0.5, 0.6) is 0 Å². The number of carbonyl (C=O) groups excluding carboxylic acids is 1. The second-order valence-corrected chi connectivity index (χ2v) is 5.50. The smallest absolute Gasteiger partial charge is 0.305 e. The van der Waals surface area contributed by atoms with Gasteiger partial charge in [0.2, 0.25) is 5.91 Å². The Morgan fingerprint density at radius 3 is 2.17 bits per heavy atom. The Bertz CT molecular complexity index is 626. The lowest BCUT2D eigenvalue weighted by molar-refractivity contribution is -0.136. The highest BCUT2D eigenvalue weighted by Gasteiger charge is 2.16. The largest absolute Gasteiger partial charge is 0.481 e. The number of benzene rings is 2. The highest BCUT2D eigenvalue weighted by Crippen LogP contribution is 2.24. The standard InChI is InChI=1S/C19H21NO3/c21-18(20-12-11-19(22)23)14-17(16-9-5-2-6-10-16)13-15-7-3-1-4-8-15/h1-10,17H,11-14H2,(H,20,21)(H,22,23). The van der Waals surface area contributed by atoms with E-state index in [2.05, 4.69) is 17.4 Å². The van der Waals surface area contributed by atoms with Crippen LogP contribution in [0.2, 0.25) is 0 Å². The van der Waals surface area contributed by atoms with Gasteiger partial charge in [-0.25, -0.2) is 0 Å².